The zero-order valence-electron chi connectivity index (χ0n) is 11.1. The van der Waals surface area contributed by atoms with Crippen molar-refractivity contribution >= 4 is 5.91 Å². The van der Waals surface area contributed by atoms with Gasteiger partial charge in [0.25, 0.3) is 5.91 Å². The molecule has 4 nitrogen and oxygen atoms in total. The summed E-state index contributed by atoms with van der Waals surface area (Å²) < 4.78 is 5.53. The molecule has 0 aliphatic rings. The molecule has 4 heteroatoms. The first kappa shape index (κ1) is 14.5. The zero-order valence-corrected chi connectivity index (χ0v) is 11.1. The van der Waals surface area contributed by atoms with Crippen molar-refractivity contribution in [2.24, 2.45) is 0 Å². The predicted molar refractivity (Wildman–Crippen MR) is 70.6 cm³/mol. The largest absolute Gasteiger partial charge is 0.481 e. The van der Waals surface area contributed by atoms with Crippen LogP contribution in [0.15, 0.2) is 24.3 Å². The predicted octanol–water partition coefficient (Wildman–Crippen LogP) is 1.65. The molecule has 0 saturated carbocycles. The molecule has 18 heavy (non-hydrogen) atoms. The third kappa shape index (κ3) is 4.37. The Morgan fingerprint density at radius 2 is 2.00 bits per heavy atom. The molecule has 0 spiro atoms. The lowest BCUT2D eigenvalue weighted by Crippen LogP contribution is -2.43. The molecular formula is C14H21NO3. The number of nitrogens with one attached hydrogen (secondary N) is 1. The fourth-order valence-corrected chi connectivity index (χ4v) is 1.47. The summed E-state index contributed by atoms with van der Waals surface area (Å²) in [6.07, 6.45) is 0.118. The van der Waals surface area contributed by atoms with Gasteiger partial charge in [-0.3, -0.25) is 4.79 Å². The number of hydrogen-bond acceptors (Lipinski definition) is 3. The van der Waals surface area contributed by atoms with Crippen LogP contribution in [0.1, 0.15) is 25.8 Å². The second kappa shape index (κ2) is 7.01. The Morgan fingerprint density at radius 3 is 2.50 bits per heavy atom. The molecule has 0 aliphatic heterocycles. The molecule has 100 valence electrons. The number of aryl methyl sites for hydroxylation is 1. The van der Waals surface area contributed by atoms with Crippen molar-refractivity contribution in [2.75, 3.05) is 6.61 Å². The molecule has 0 heterocycles. The van der Waals surface area contributed by atoms with E-state index in [2.05, 4.69) is 5.32 Å². The smallest absolute Gasteiger partial charge is 0.261 e. The van der Waals surface area contributed by atoms with Crippen LogP contribution in [0.25, 0.3) is 0 Å². The first-order valence-electron chi connectivity index (χ1n) is 6.21. The van der Waals surface area contributed by atoms with Crippen LogP contribution in [-0.2, 0) is 4.79 Å². The maximum Gasteiger partial charge on any atom is 0.261 e. The highest BCUT2D eigenvalue weighted by Gasteiger charge is 2.17. The number of amides is 1. The van der Waals surface area contributed by atoms with E-state index in [4.69, 9.17) is 9.84 Å². The van der Waals surface area contributed by atoms with E-state index in [1.165, 1.54) is 0 Å². The van der Waals surface area contributed by atoms with Gasteiger partial charge in [0.15, 0.2) is 6.10 Å². The van der Waals surface area contributed by atoms with Crippen molar-refractivity contribution in [1.82, 2.24) is 5.32 Å². The van der Waals surface area contributed by atoms with E-state index in [-0.39, 0.29) is 18.6 Å². The van der Waals surface area contributed by atoms with Crippen molar-refractivity contribution in [3.05, 3.63) is 29.8 Å². The Labute approximate surface area is 108 Å². The molecule has 0 bridgehead atoms. The number of hydrogen-bond donors (Lipinski definition) is 2. The third-order valence-corrected chi connectivity index (χ3v) is 2.76. The van der Waals surface area contributed by atoms with Gasteiger partial charge in [0.1, 0.15) is 5.75 Å². The molecule has 0 saturated heterocycles. The number of carbonyl (C=O) groups is 1. The van der Waals surface area contributed by atoms with Crippen molar-refractivity contribution in [3.63, 3.8) is 0 Å². The fourth-order valence-electron chi connectivity index (χ4n) is 1.47. The van der Waals surface area contributed by atoms with Gasteiger partial charge in [0.2, 0.25) is 0 Å². The van der Waals surface area contributed by atoms with E-state index in [1.807, 2.05) is 38.1 Å². The van der Waals surface area contributed by atoms with Crippen molar-refractivity contribution in [3.8, 4) is 5.75 Å². The van der Waals surface area contributed by atoms with E-state index >= 15 is 0 Å². The van der Waals surface area contributed by atoms with Gasteiger partial charge in [-0.25, -0.2) is 0 Å². The highest BCUT2D eigenvalue weighted by molar-refractivity contribution is 5.81. The normalized spacial score (nSPS) is 13.8. The van der Waals surface area contributed by atoms with Crippen LogP contribution in [0.2, 0.25) is 0 Å². The Balaban J connectivity index is 2.51. The summed E-state index contributed by atoms with van der Waals surface area (Å²) in [7, 11) is 0. The minimum absolute atomic E-state index is 0.0561. The van der Waals surface area contributed by atoms with Gasteiger partial charge in [0.05, 0.1) is 12.6 Å². The third-order valence-electron chi connectivity index (χ3n) is 2.76. The minimum Gasteiger partial charge on any atom is -0.481 e. The van der Waals surface area contributed by atoms with E-state index < -0.39 is 6.10 Å². The maximum absolute atomic E-state index is 11.8. The van der Waals surface area contributed by atoms with Crippen LogP contribution in [0.5, 0.6) is 5.75 Å². The lowest BCUT2D eigenvalue weighted by atomic mass is 10.2. The fraction of sp³-hybridized carbons (Fsp3) is 0.500. The van der Waals surface area contributed by atoms with Crippen LogP contribution in [-0.4, -0.2) is 29.8 Å². The van der Waals surface area contributed by atoms with E-state index in [0.29, 0.717) is 12.2 Å². The standard InChI is InChI=1S/C14H21NO3/c1-4-12(9-16)15-14(17)11(3)18-13-7-5-10(2)6-8-13/h5-8,11-12,16H,4,9H2,1-3H3,(H,15,17). The van der Waals surface area contributed by atoms with E-state index in [0.717, 1.165) is 5.56 Å². The topological polar surface area (TPSA) is 58.6 Å². The molecule has 0 radical (unpaired) electrons. The molecular weight excluding hydrogens is 230 g/mol. The van der Waals surface area contributed by atoms with Gasteiger partial charge in [-0.2, -0.15) is 0 Å². The van der Waals surface area contributed by atoms with Crippen molar-refractivity contribution in [2.45, 2.75) is 39.3 Å². The van der Waals surface area contributed by atoms with Crippen LogP contribution < -0.4 is 10.1 Å². The molecule has 2 unspecified atom stereocenters. The van der Waals surface area contributed by atoms with Crippen molar-refractivity contribution in [1.29, 1.82) is 0 Å². The number of rotatable bonds is 6. The van der Waals surface area contributed by atoms with Gasteiger partial charge in [-0.05, 0) is 32.4 Å². The number of aliphatic hydroxyl groups is 1. The Morgan fingerprint density at radius 1 is 1.39 bits per heavy atom. The Hall–Kier alpha value is -1.55. The summed E-state index contributed by atoms with van der Waals surface area (Å²) in [6, 6.07) is 7.33. The average Bonchev–Trinajstić information content (AvgIpc) is 2.38. The molecule has 0 aromatic heterocycles. The van der Waals surface area contributed by atoms with Crippen LogP contribution >= 0.6 is 0 Å². The molecule has 2 atom stereocenters. The van der Waals surface area contributed by atoms with Crippen molar-refractivity contribution < 1.29 is 14.6 Å². The van der Waals surface area contributed by atoms with Gasteiger partial charge < -0.3 is 15.2 Å². The van der Waals surface area contributed by atoms with Crippen LogP contribution in [0, 0.1) is 6.92 Å². The van der Waals surface area contributed by atoms with E-state index in [9.17, 15) is 4.79 Å². The molecule has 1 aromatic carbocycles. The number of aliphatic hydroxyl groups excluding tert-OH is 1. The first-order chi connectivity index (χ1) is 8.56. The Kier molecular flexibility index (Phi) is 5.65. The van der Waals surface area contributed by atoms with E-state index in [1.54, 1.807) is 6.92 Å². The number of benzene rings is 1. The monoisotopic (exact) mass is 251 g/mol. The SMILES string of the molecule is CCC(CO)NC(=O)C(C)Oc1ccc(C)cc1. The van der Waals surface area contributed by atoms with Gasteiger partial charge in [0, 0.05) is 0 Å². The highest BCUT2D eigenvalue weighted by Crippen LogP contribution is 2.13. The average molecular weight is 251 g/mol. The van der Waals surface area contributed by atoms with Gasteiger partial charge >= 0.3 is 0 Å². The zero-order chi connectivity index (χ0) is 13.5. The van der Waals surface area contributed by atoms with Gasteiger partial charge in [-0.1, -0.05) is 24.6 Å². The maximum atomic E-state index is 11.8. The number of ether oxygens (including phenoxy) is 1. The molecule has 0 aliphatic carbocycles. The summed E-state index contributed by atoms with van der Waals surface area (Å²) in [5.74, 6) is 0.455. The second-order valence-electron chi connectivity index (χ2n) is 4.37. The summed E-state index contributed by atoms with van der Waals surface area (Å²) in [4.78, 5) is 11.8. The molecule has 1 aromatic rings. The van der Waals surface area contributed by atoms with Crippen LogP contribution in [0.3, 0.4) is 0 Å². The quantitative estimate of drug-likeness (QED) is 0.808. The molecule has 0 fully saturated rings. The summed E-state index contributed by atoms with van der Waals surface area (Å²) in [6.45, 7) is 5.54. The second-order valence-corrected chi connectivity index (χ2v) is 4.37. The highest BCUT2D eigenvalue weighted by atomic mass is 16.5. The minimum atomic E-state index is -0.576. The lowest BCUT2D eigenvalue weighted by Gasteiger charge is -2.19. The number of carbonyl (C=O) groups excluding carboxylic acids is 1. The summed E-state index contributed by atoms with van der Waals surface area (Å²) in [5.41, 5.74) is 1.14. The molecule has 1 amide bonds. The summed E-state index contributed by atoms with van der Waals surface area (Å²) in [5, 5.41) is 11.8. The summed E-state index contributed by atoms with van der Waals surface area (Å²) >= 11 is 0. The first-order valence-corrected chi connectivity index (χ1v) is 6.21. The molecule has 1 rings (SSSR count). The molecule has 2 N–H and O–H groups in total. The van der Waals surface area contributed by atoms with Crippen LogP contribution in [0.4, 0.5) is 0 Å². The lowest BCUT2D eigenvalue weighted by molar-refractivity contribution is -0.128. The Bertz CT molecular complexity index is 371. The van der Waals surface area contributed by atoms with Gasteiger partial charge in [-0.15, -0.1) is 0 Å².